The van der Waals surface area contributed by atoms with E-state index in [4.69, 9.17) is 14.2 Å². The van der Waals surface area contributed by atoms with E-state index in [-0.39, 0.29) is 11.7 Å². The van der Waals surface area contributed by atoms with Crippen LogP contribution in [0.3, 0.4) is 0 Å². The first kappa shape index (κ1) is 20.0. The molecule has 1 aliphatic carbocycles. The first-order valence-corrected chi connectivity index (χ1v) is 9.51. The van der Waals surface area contributed by atoms with Gasteiger partial charge in [0.1, 0.15) is 5.60 Å². The smallest absolute Gasteiger partial charge is 0.410 e. The minimum atomic E-state index is -0.482. The summed E-state index contributed by atoms with van der Waals surface area (Å²) in [6.45, 7) is 11.9. The zero-order chi connectivity index (χ0) is 16.8. The summed E-state index contributed by atoms with van der Waals surface area (Å²) in [6.07, 6.45) is 2.50. The van der Waals surface area contributed by atoms with E-state index >= 15 is 0 Å². The van der Waals surface area contributed by atoms with E-state index in [0.717, 1.165) is 4.43 Å². The average molecular weight is 427 g/mol. The number of amides is 1. The van der Waals surface area contributed by atoms with Crippen molar-refractivity contribution in [1.82, 2.24) is 4.90 Å². The van der Waals surface area contributed by atoms with Crippen LogP contribution in [0.15, 0.2) is 0 Å². The second-order valence-electron chi connectivity index (χ2n) is 7.00. The van der Waals surface area contributed by atoms with E-state index in [1.54, 1.807) is 4.90 Å². The molecule has 130 valence electrons. The number of hydrogen-bond donors (Lipinski definition) is 0. The summed E-state index contributed by atoms with van der Waals surface area (Å²) in [7, 11) is 0. The third-order valence-corrected chi connectivity index (χ3v) is 4.87. The van der Waals surface area contributed by atoms with Gasteiger partial charge in [-0.25, -0.2) is 4.79 Å². The van der Waals surface area contributed by atoms with E-state index in [0.29, 0.717) is 32.4 Å². The maximum atomic E-state index is 12.2. The Bertz CT molecular complexity index is 355. The molecule has 1 aliphatic rings. The Hall–Kier alpha value is -0.0800. The standard InChI is InChI=1S/C16H30INO4/c1-6-18(14(19)22-15(2,3)4)12-16(5,11-17)21-10-9-20-13-7-8-13/h13H,6-12H2,1-5H3. The number of alkyl halides is 1. The van der Waals surface area contributed by atoms with Crippen LogP contribution in [-0.4, -0.2) is 59.0 Å². The number of halogens is 1. The summed E-state index contributed by atoms with van der Waals surface area (Å²) < 4.78 is 17.8. The zero-order valence-corrected chi connectivity index (χ0v) is 16.6. The molecule has 1 amide bonds. The lowest BCUT2D eigenvalue weighted by molar-refractivity contribution is -0.0618. The molecule has 1 saturated carbocycles. The van der Waals surface area contributed by atoms with Gasteiger partial charge >= 0.3 is 6.09 Å². The molecule has 0 bridgehead atoms. The van der Waals surface area contributed by atoms with Gasteiger partial charge < -0.3 is 19.1 Å². The highest BCUT2D eigenvalue weighted by Crippen LogP contribution is 2.23. The molecule has 1 unspecified atom stereocenters. The normalized spacial score (nSPS) is 17.9. The summed E-state index contributed by atoms with van der Waals surface area (Å²) in [5.41, 5.74) is -0.870. The van der Waals surface area contributed by atoms with Crippen LogP contribution < -0.4 is 0 Å². The first-order valence-electron chi connectivity index (χ1n) is 7.98. The van der Waals surface area contributed by atoms with Crippen LogP contribution in [0, 0.1) is 0 Å². The highest BCUT2D eigenvalue weighted by molar-refractivity contribution is 14.1. The van der Waals surface area contributed by atoms with Gasteiger partial charge in [0.25, 0.3) is 0 Å². The monoisotopic (exact) mass is 427 g/mol. The van der Waals surface area contributed by atoms with E-state index < -0.39 is 5.60 Å². The minimum absolute atomic E-state index is 0.288. The number of likely N-dealkylation sites (N-methyl/N-ethyl adjacent to an activating group) is 1. The highest BCUT2D eigenvalue weighted by Gasteiger charge is 2.31. The maximum Gasteiger partial charge on any atom is 0.410 e. The van der Waals surface area contributed by atoms with Crippen molar-refractivity contribution in [3.63, 3.8) is 0 Å². The fourth-order valence-corrected chi connectivity index (χ4v) is 2.36. The average Bonchev–Trinajstić information content (AvgIpc) is 3.23. The van der Waals surface area contributed by atoms with Crippen molar-refractivity contribution in [1.29, 1.82) is 0 Å². The summed E-state index contributed by atoms with van der Waals surface area (Å²) >= 11 is 2.30. The molecule has 0 N–H and O–H groups in total. The van der Waals surface area contributed by atoms with Crippen LogP contribution in [0.25, 0.3) is 0 Å². The number of carbonyl (C=O) groups excluding carboxylic acids is 1. The lowest BCUT2D eigenvalue weighted by atomic mass is 10.1. The van der Waals surface area contributed by atoms with Crippen LogP contribution in [-0.2, 0) is 14.2 Å². The molecule has 0 aromatic rings. The number of carbonyl (C=O) groups is 1. The Morgan fingerprint density at radius 3 is 2.32 bits per heavy atom. The van der Waals surface area contributed by atoms with E-state index in [1.807, 2.05) is 34.6 Å². The minimum Gasteiger partial charge on any atom is -0.444 e. The third kappa shape index (κ3) is 7.97. The molecular formula is C16H30INO4. The fraction of sp³-hybridized carbons (Fsp3) is 0.938. The molecule has 1 rings (SSSR count). The predicted molar refractivity (Wildman–Crippen MR) is 95.7 cm³/mol. The maximum absolute atomic E-state index is 12.2. The zero-order valence-electron chi connectivity index (χ0n) is 14.5. The molecule has 0 spiro atoms. The Morgan fingerprint density at radius 1 is 1.23 bits per heavy atom. The van der Waals surface area contributed by atoms with Crippen molar-refractivity contribution >= 4 is 28.7 Å². The van der Waals surface area contributed by atoms with Crippen LogP contribution in [0.1, 0.15) is 47.5 Å². The van der Waals surface area contributed by atoms with Crippen molar-refractivity contribution in [3.8, 4) is 0 Å². The third-order valence-electron chi connectivity index (χ3n) is 3.25. The topological polar surface area (TPSA) is 48.0 Å². The van der Waals surface area contributed by atoms with Gasteiger partial charge in [-0.05, 0) is 47.5 Å². The second kappa shape index (κ2) is 8.68. The van der Waals surface area contributed by atoms with Gasteiger partial charge in [-0.3, -0.25) is 0 Å². The van der Waals surface area contributed by atoms with Crippen molar-refractivity contribution in [2.24, 2.45) is 0 Å². The van der Waals surface area contributed by atoms with Gasteiger partial charge in [-0.15, -0.1) is 0 Å². The van der Waals surface area contributed by atoms with Gasteiger partial charge in [0, 0.05) is 11.0 Å². The molecule has 0 saturated heterocycles. The number of nitrogens with zero attached hydrogens (tertiary/aromatic N) is 1. The van der Waals surface area contributed by atoms with E-state index in [1.165, 1.54) is 12.8 Å². The molecule has 6 heteroatoms. The van der Waals surface area contributed by atoms with Gasteiger partial charge in [0.2, 0.25) is 0 Å². The van der Waals surface area contributed by atoms with Crippen molar-refractivity contribution in [2.75, 3.05) is 30.7 Å². The summed E-state index contributed by atoms with van der Waals surface area (Å²) in [6, 6.07) is 0. The number of ether oxygens (including phenoxy) is 3. The first-order chi connectivity index (χ1) is 10.2. The van der Waals surface area contributed by atoms with Crippen LogP contribution in [0.4, 0.5) is 4.79 Å². The van der Waals surface area contributed by atoms with Gasteiger partial charge in [-0.2, -0.15) is 0 Å². The summed E-state index contributed by atoms with van der Waals surface area (Å²) in [5, 5.41) is 0. The Labute approximate surface area is 148 Å². The lowest BCUT2D eigenvalue weighted by Gasteiger charge is -2.35. The number of rotatable bonds is 9. The molecule has 5 nitrogen and oxygen atoms in total. The Balaban J connectivity index is 2.45. The molecule has 0 aromatic heterocycles. The molecule has 1 atom stereocenters. The fourth-order valence-electron chi connectivity index (χ4n) is 1.90. The number of hydrogen-bond acceptors (Lipinski definition) is 4. The molecule has 0 aromatic carbocycles. The van der Waals surface area contributed by atoms with Crippen LogP contribution in [0.5, 0.6) is 0 Å². The Kier molecular flexibility index (Phi) is 7.88. The predicted octanol–water partition coefficient (Wildman–Crippen LogP) is 3.63. The Morgan fingerprint density at radius 2 is 1.86 bits per heavy atom. The van der Waals surface area contributed by atoms with Gasteiger partial charge in [-0.1, -0.05) is 22.6 Å². The van der Waals surface area contributed by atoms with Crippen molar-refractivity contribution in [3.05, 3.63) is 0 Å². The summed E-state index contributed by atoms with van der Waals surface area (Å²) in [5.74, 6) is 0. The second-order valence-corrected chi connectivity index (χ2v) is 7.76. The SMILES string of the molecule is CCN(CC(C)(CI)OCCOC1CC1)C(=O)OC(C)(C)C. The molecule has 0 aliphatic heterocycles. The van der Waals surface area contributed by atoms with Gasteiger partial charge in [0.05, 0.1) is 31.5 Å². The lowest BCUT2D eigenvalue weighted by Crippen LogP contribution is -2.48. The molecule has 22 heavy (non-hydrogen) atoms. The highest BCUT2D eigenvalue weighted by atomic mass is 127. The van der Waals surface area contributed by atoms with Crippen LogP contribution in [0.2, 0.25) is 0 Å². The van der Waals surface area contributed by atoms with Crippen molar-refractivity contribution in [2.45, 2.75) is 64.8 Å². The molecule has 0 heterocycles. The molecule has 0 radical (unpaired) electrons. The van der Waals surface area contributed by atoms with Crippen LogP contribution >= 0.6 is 22.6 Å². The van der Waals surface area contributed by atoms with Crippen molar-refractivity contribution < 1.29 is 19.0 Å². The molecule has 1 fully saturated rings. The molecular weight excluding hydrogens is 397 g/mol. The van der Waals surface area contributed by atoms with E-state index in [9.17, 15) is 4.79 Å². The van der Waals surface area contributed by atoms with E-state index in [2.05, 4.69) is 22.6 Å². The summed E-state index contributed by atoms with van der Waals surface area (Å²) in [4.78, 5) is 13.9. The quantitative estimate of drug-likeness (QED) is 0.320. The van der Waals surface area contributed by atoms with Gasteiger partial charge in [0.15, 0.2) is 0 Å². The largest absolute Gasteiger partial charge is 0.444 e.